The summed E-state index contributed by atoms with van der Waals surface area (Å²) in [4.78, 5) is 6.65. The van der Waals surface area contributed by atoms with Crippen molar-refractivity contribution in [1.29, 1.82) is 0 Å². The van der Waals surface area contributed by atoms with Crippen LogP contribution < -0.4 is 10.6 Å². The third-order valence-electron chi connectivity index (χ3n) is 3.76. The molecule has 0 aromatic carbocycles. The Hall–Kier alpha value is -1.56. The van der Waals surface area contributed by atoms with Gasteiger partial charge in [-0.3, -0.25) is 9.67 Å². The van der Waals surface area contributed by atoms with Crippen molar-refractivity contribution in [2.45, 2.75) is 25.4 Å². The lowest BCUT2D eigenvalue weighted by molar-refractivity contribution is 0.309. The van der Waals surface area contributed by atoms with E-state index in [1.807, 2.05) is 17.8 Å². The summed E-state index contributed by atoms with van der Waals surface area (Å²) < 4.78 is 1.87. The summed E-state index contributed by atoms with van der Waals surface area (Å²) in [5.74, 6) is 0.849. The second-order valence-corrected chi connectivity index (χ2v) is 5.03. The molecule has 6 nitrogen and oxygen atoms in total. The van der Waals surface area contributed by atoms with Crippen LogP contribution in [0.1, 0.15) is 18.5 Å². The Bertz CT molecular complexity index is 425. The molecule has 0 spiro atoms. The normalized spacial score (nSPS) is 20.8. The first-order chi connectivity index (χ1) is 9.20. The highest BCUT2D eigenvalue weighted by Crippen LogP contribution is 2.13. The summed E-state index contributed by atoms with van der Waals surface area (Å²) in [7, 11) is 5.93. The average Bonchev–Trinajstić information content (AvgIpc) is 2.99. The fourth-order valence-electron chi connectivity index (χ4n) is 2.42. The molecule has 1 aromatic rings. The van der Waals surface area contributed by atoms with Crippen molar-refractivity contribution in [3.05, 3.63) is 18.0 Å². The number of guanidine groups is 1. The van der Waals surface area contributed by atoms with Gasteiger partial charge < -0.3 is 15.5 Å². The first kappa shape index (κ1) is 13.9. The first-order valence-electron chi connectivity index (χ1n) is 6.82. The maximum absolute atomic E-state index is 4.25. The third kappa shape index (κ3) is 3.70. The molecule has 1 aromatic heterocycles. The SMILES string of the molecule is CN=C(NCc1ccnn1C)NCC1CCCN1C. The molecule has 2 rings (SSSR count). The van der Waals surface area contributed by atoms with Gasteiger partial charge in [-0.25, -0.2) is 0 Å². The number of nitrogens with zero attached hydrogens (tertiary/aromatic N) is 4. The number of rotatable bonds is 4. The molecule has 1 saturated heterocycles. The maximum Gasteiger partial charge on any atom is 0.191 e. The third-order valence-corrected chi connectivity index (χ3v) is 3.76. The lowest BCUT2D eigenvalue weighted by Crippen LogP contribution is -2.43. The van der Waals surface area contributed by atoms with Crippen LogP contribution in [0.5, 0.6) is 0 Å². The molecule has 6 heteroatoms. The van der Waals surface area contributed by atoms with Crippen LogP contribution in [-0.2, 0) is 13.6 Å². The van der Waals surface area contributed by atoms with Crippen LogP contribution in [0, 0.1) is 0 Å². The lowest BCUT2D eigenvalue weighted by atomic mass is 10.2. The van der Waals surface area contributed by atoms with Gasteiger partial charge in [-0.1, -0.05) is 0 Å². The minimum atomic E-state index is 0.621. The molecule has 106 valence electrons. The van der Waals surface area contributed by atoms with E-state index >= 15 is 0 Å². The number of likely N-dealkylation sites (N-methyl/N-ethyl adjacent to an activating group) is 1. The number of nitrogens with one attached hydrogen (secondary N) is 2. The van der Waals surface area contributed by atoms with Gasteiger partial charge in [-0.2, -0.15) is 5.10 Å². The van der Waals surface area contributed by atoms with Crippen LogP contribution in [0.2, 0.25) is 0 Å². The Morgan fingerprint density at radius 2 is 2.32 bits per heavy atom. The zero-order valence-electron chi connectivity index (χ0n) is 12.1. The van der Waals surface area contributed by atoms with Gasteiger partial charge in [0.1, 0.15) is 0 Å². The Labute approximate surface area is 114 Å². The van der Waals surface area contributed by atoms with Crippen molar-refractivity contribution >= 4 is 5.96 Å². The quantitative estimate of drug-likeness (QED) is 0.602. The highest BCUT2D eigenvalue weighted by atomic mass is 15.3. The van der Waals surface area contributed by atoms with E-state index < -0.39 is 0 Å². The van der Waals surface area contributed by atoms with Crippen molar-refractivity contribution in [3.63, 3.8) is 0 Å². The summed E-state index contributed by atoms with van der Waals surface area (Å²) in [6, 6.07) is 2.63. The largest absolute Gasteiger partial charge is 0.355 e. The van der Waals surface area contributed by atoms with Crippen molar-refractivity contribution in [2.24, 2.45) is 12.0 Å². The number of aryl methyl sites for hydroxylation is 1. The van der Waals surface area contributed by atoms with Crippen molar-refractivity contribution in [2.75, 3.05) is 27.2 Å². The van der Waals surface area contributed by atoms with Crippen LogP contribution >= 0.6 is 0 Å². The maximum atomic E-state index is 4.25. The summed E-state index contributed by atoms with van der Waals surface area (Å²) in [6.07, 6.45) is 4.37. The minimum absolute atomic E-state index is 0.621. The second-order valence-electron chi connectivity index (χ2n) is 5.03. The monoisotopic (exact) mass is 264 g/mol. The fraction of sp³-hybridized carbons (Fsp3) is 0.692. The molecule has 1 aliphatic heterocycles. The minimum Gasteiger partial charge on any atom is -0.355 e. The number of aromatic nitrogens is 2. The van der Waals surface area contributed by atoms with Gasteiger partial charge in [0, 0.05) is 32.9 Å². The molecular formula is C13H24N6. The molecule has 1 fully saturated rings. The van der Waals surface area contributed by atoms with Crippen LogP contribution in [0.25, 0.3) is 0 Å². The molecule has 0 radical (unpaired) electrons. The lowest BCUT2D eigenvalue weighted by Gasteiger charge is -2.21. The van der Waals surface area contributed by atoms with Crippen LogP contribution in [-0.4, -0.2) is 53.9 Å². The first-order valence-corrected chi connectivity index (χ1v) is 6.82. The molecule has 0 aliphatic carbocycles. The fourth-order valence-corrected chi connectivity index (χ4v) is 2.42. The molecule has 19 heavy (non-hydrogen) atoms. The van der Waals surface area contributed by atoms with Gasteiger partial charge in [0.15, 0.2) is 5.96 Å². The molecule has 1 aliphatic rings. The van der Waals surface area contributed by atoms with Gasteiger partial charge in [-0.05, 0) is 32.5 Å². The summed E-state index contributed by atoms with van der Waals surface area (Å²) in [6.45, 7) is 2.88. The van der Waals surface area contributed by atoms with E-state index in [1.54, 1.807) is 13.2 Å². The van der Waals surface area contributed by atoms with E-state index in [2.05, 4.69) is 32.7 Å². The van der Waals surface area contributed by atoms with Crippen molar-refractivity contribution in [3.8, 4) is 0 Å². The number of hydrogen-bond donors (Lipinski definition) is 2. The van der Waals surface area contributed by atoms with E-state index in [1.165, 1.54) is 19.4 Å². The van der Waals surface area contributed by atoms with Crippen molar-refractivity contribution in [1.82, 2.24) is 25.3 Å². The Balaban J connectivity index is 1.76. The highest BCUT2D eigenvalue weighted by Gasteiger charge is 2.20. The Morgan fingerprint density at radius 3 is 2.89 bits per heavy atom. The molecule has 0 saturated carbocycles. The number of hydrogen-bond acceptors (Lipinski definition) is 3. The molecular weight excluding hydrogens is 240 g/mol. The molecule has 2 N–H and O–H groups in total. The van der Waals surface area contributed by atoms with Gasteiger partial charge in [-0.15, -0.1) is 0 Å². The van der Waals surface area contributed by atoms with Crippen LogP contribution in [0.15, 0.2) is 17.3 Å². The molecule has 2 heterocycles. The van der Waals surface area contributed by atoms with Gasteiger partial charge >= 0.3 is 0 Å². The molecule has 1 unspecified atom stereocenters. The smallest absolute Gasteiger partial charge is 0.191 e. The molecule has 0 bridgehead atoms. The number of likely N-dealkylation sites (tertiary alicyclic amines) is 1. The van der Waals surface area contributed by atoms with Gasteiger partial charge in [0.2, 0.25) is 0 Å². The van der Waals surface area contributed by atoms with Crippen molar-refractivity contribution < 1.29 is 0 Å². The Kier molecular flexibility index (Phi) is 4.79. The van der Waals surface area contributed by atoms with E-state index in [0.29, 0.717) is 6.04 Å². The van der Waals surface area contributed by atoms with E-state index in [-0.39, 0.29) is 0 Å². The van der Waals surface area contributed by atoms with E-state index in [4.69, 9.17) is 0 Å². The second kappa shape index (κ2) is 6.56. The van der Waals surface area contributed by atoms with E-state index in [9.17, 15) is 0 Å². The van der Waals surface area contributed by atoms with Gasteiger partial charge in [0.05, 0.1) is 12.2 Å². The van der Waals surface area contributed by atoms with Gasteiger partial charge in [0.25, 0.3) is 0 Å². The predicted molar refractivity (Wildman–Crippen MR) is 77.1 cm³/mol. The summed E-state index contributed by atoms with van der Waals surface area (Å²) >= 11 is 0. The standard InChI is InChI=1S/C13H24N6/c1-14-13(15-9-11-5-4-8-18(11)2)16-10-12-6-7-17-19(12)3/h6-7,11H,4-5,8-10H2,1-3H3,(H2,14,15,16). The van der Waals surface area contributed by atoms with E-state index in [0.717, 1.165) is 24.7 Å². The predicted octanol–water partition coefficient (Wildman–Crippen LogP) is 0.179. The topological polar surface area (TPSA) is 57.5 Å². The average molecular weight is 264 g/mol. The summed E-state index contributed by atoms with van der Waals surface area (Å²) in [5.41, 5.74) is 1.14. The molecule has 0 amide bonds. The Morgan fingerprint density at radius 1 is 1.47 bits per heavy atom. The van der Waals surface area contributed by atoms with Crippen LogP contribution in [0.4, 0.5) is 0 Å². The molecule has 1 atom stereocenters. The van der Waals surface area contributed by atoms with Crippen LogP contribution in [0.3, 0.4) is 0 Å². The summed E-state index contributed by atoms with van der Waals surface area (Å²) in [5, 5.41) is 10.9. The number of aliphatic imine (C=N–C) groups is 1. The zero-order valence-corrected chi connectivity index (χ0v) is 12.1. The zero-order chi connectivity index (χ0) is 13.7. The highest BCUT2D eigenvalue weighted by molar-refractivity contribution is 5.79.